The summed E-state index contributed by atoms with van der Waals surface area (Å²) >= 11 is 0. The Hall–Kier alpha value is -3.08. The van der Waals surface area contributed by atoms with E-state index >= 15 is 0 Å². The molecule has 2 aromatic rings. The van der Waals surface area contributed by atoms with Gasteiger partial charge in [-0.3, -0.25) is 0 Å². The second-order valence-electron chi connectivity index (χ2n) is 7.81. The van der Waals surface area contributed by atoms with Crippen molar-refractivity contribution in [3.8, 4) is 0 Å². The number of nitrogens with two attached hydrogens (primary N) is 4. The van der Waals surface area contributed by atoms with Gasteiger partial charge in [0.25, 0.3) is 0 Å². The van der Waals surface area contributed by atoms with Gasteiger partial charge in [0.2, 0.25) is 35.7 Å². The van der Waals surface area contributed by atoms with Gasteiger partial charge in [-0.25, -0.2) is 0 Å². The van der Waals surface area contributed by atoms with Gasteiger partial charge in [-0.1, -0.05) is 25.7 Å². The van der Waals surface area contributed by atoms with E-state index in [9.17, 15) is 0 Å². The second kappa shape index (κ2) is 14.3. The molecule has 196 valence electrons. The van der Waals surface area contributed by atoms with Crippen LogP contribution in [0.4, 0.5) is 35.7 Å². The predicted octanol–water partition coefficient (Wildman–Crippen LogP) is 0.523. The molecule has 0 atom stereocenters. The summed E-state index contributed by atoms with van der Waals surface area (Å²) in [6.45, 7) is 1.75. The number of nitrogens with one attached hydrogen (secondary N) is 1. The number of rotatable bonds is 17. The van der Waals surface area contributed by atoms with E-state index in [-0.39, 0.29) is 23.8 Å². The van der Waals surface area contributed by atoms with Crippen LogP contribution in [0.5, 0.6) is 0 Å². The Morgan fingerprint density at radius 1 is 0.657 bits per heavy atom. The van der Waals surface area contributed by atoms with Gasteiger partial charge >= 0.3 is 8.80 Å². The quantitative estimate of drug-likeness (QED) is 0.144. The SMILES string of the molecule is CO[Si](CCCCCCCCN(CCNc1nc(N)nc(N)n1)c1nc(N)nc(N)n1)(OC)OC. The highest BCUT2D eigenvalue weighted by molar-refractivity contribution is 6.60. The maximum Gasteiger partial charge on any atom is 0.500 e. The fourth-order valence-electron chi connectivity index (χ4n) is 3.55. The Morgan fingerprint density at radius 2 is 1.14 bits per heavy atom. The predicted molar refractivity (Wildman–Crippen MR) is 137 cm³/mol. The third-order valence-corrected chi connectivity index (χ3v) is 8.20. The first-order valence-electron chi connectivity index (χ1n) is 11.5. The molecule has 0 saturated carbocycles. The summed E-state index contributed by atoms with van der Waals surface area (Å²) in [7, 11) is 2.45. The third-order valence-electron chi connectivity index (χ3n) is 5.37. The molecule has 0 unspecified atom stereocenters. The summed E-state index contributed by atoms with van der Waals surface area (Å²) < 4.78 is 16.4. The van der Waals surface area contributed by atoms with E-state index in [0.29, 0.717) is 25.0 Å². The minimum Gasteiger partial charge on any atom is -0.377 e. The van der Waals surface area contributed by atoms with Gasteiger partial charge in [-0.15, -0.1) is 0 Å². The third kappa shape index (κ3) is 9.59. The normalized spacial score (nSPS) is 11.5. The van der Waals surface area contributed by atoms with Crippen LogP contribution in [-0.2, 0) is 13.3 Å². The van der Waals surface area contributed by atoms with Gasteiger partial charge in [0, 0.05) is 47.0 Å². The number of anilines is 6. The Balaban J connectivity index is 1.81. The molecule has 9 N–H and O–H groups in total. The Kier molecular flexibility index (Phi) is 11.5. The van der Waals surface area contributed by atoms with Gasteiger partial charge in [-0.2, -0.15) is 29.9 Å². The van der Waals surface area contributed by atoms with E-state index in [1.807, 2.05) is 4.90 Å². The standard InChI is InChI=1S/C19H38N12O3Si/c1-32-35(33-2,34-3)13-9-7-5-4-6-8-11-31(19-29-16(22)26-17(23)30-19)12-10-24-18-27-14(20)25-15(21)28-18/h4-13H2,1-3H3,(H4,22,23,26,29,30)(H5,20,21,24,25,27,28). The van der Waals surface area contributed by atoms with Crippen LogP contribution in [0.15, 0.2) is 0 Å². The highest BCUT2D eigenvalue weighted by Gasteiger charge is 2.36. The highest BCUT2D eigenvalue weighted by Crippen LogP contribution is 2.18. The summed E-state index contributed by atoms with van der Waals surface area (Å²) in [6, 6.07) is 0.817. The molecule has 2 aromatic heterocycles. The first-order chi connectivity index (χ1) is 16.8. The number of aromatic nitrogens is 6. The Labute approximate surface area is 206 Å². The van der Waals surface area contributed by atoms with Crippen LogP contribution in [-0.4, -0.2) is 79.7 Å². The van der Waals surface area contributed by atoms with Crippen molar-refractivity contribution in [2.24, 2.45) is 0 Å². The van der Waals surface area contributed by atoms with Crippen LogP contribution >= 0.6 is 0 Å². The summed E-state index contributed by atoms with van der Waals surface area (Å²) in [6.07, 6.45) is 6.34. The molecular formula is C19H38N12O3Si. The second-order valence-corrected chi connectivity index (χ2v) is 10.9. The first kappa shape index (κ1) is 28.2. The molecule has 0 aliphatic heterocycles. The zero-order valence-electron chi connectivity index (χ0n) is 20.7. The Bertz CT molecular complexity index is 857. The van der Waals surface area contributed by atoms with Crippen molar-refractivity contribution in [2.75, 3.05) is 74.1 Å². The molecule has 0 amide bonds. The number of hydrogen-bond acceptors (Lipinski definition) is 15. The lowest BCUT2D eigenvalue weighted by atomic mass is 10.1. The van der Waals surface area contributed by atoms with Crippen molar-refractivity contribution < 1.29 is 13.3 Å². The van der Waals surface area contributed by atoms with Gasteiger partial charge in [0.15, 0.2) is 0 Å². The van der Waals surface area contributed by atoms with E-state index in [1.54, 1.807) is 21.3 Å². The topological polar surface area (TPSA) is 224 Å². The van der Waals surface area contributed by atoms with Crippen LogP contribution in [0.1, 0.15) is 38.5 Å². The summed E-state index contributed by atoms with van der Waals surface area (Å²) in [5.74, 6) is 0.972. The number of nitrogens with zero attached hydrogens (tertiary/aromatic N) is 7. The first-order valence-corrected chi connectivity index (χ1v) is 13.4. The average Bonchev–Trinajstić information content (AvgIpc) is 2.81. The van der Waals surface area contributed by atoms with E-state index < -0.39 is 8.80 Å². The molecule has 16 heteroatoms. The molecule has 2 heterocycles. The summed E-state index contributed by atoms with van der Waals surface area (Å²) in [4.78, 5) is 26.1. The fourth-order valence-corrected chi connectivity index (χ4v) is 5.34. The van der Waals surface area contributed by atoms with Crippen LogP contribution in [0.25, 0.3) is 0 Å². The molecule has 0 bridgehead atoms. The minimum absolute atomic E-state index is 0.0505. The van der Waals surface area contributed by atoms with Gasteiger partial charge in [0.1, 0.15) is 0 Å². The Morgan fingerprint density at radius 3 is 1.69 bits per heavy atom. The molecule has 0 aromatic carbocycles. The average molecular weight is 511 g/mol. The molecule has 0 aliphatic carbocycles. The van der Waals surface area contributed by atoms with E-state index in [2.05, 4.69) is 35.2 Å². The van der Waals surface area contributed by atoms with Crippen molar-refractivity contribution in [1.29, 1.82) is 0 Å². The molecule has 0 radical (unpaired) electrons. The van der Waals surface area contributed by atoms with Crippen molar-refractivity contribution in [3.05, 3.63) is 0 Å². The van der Waals surface area contributed by atoms with E-state index in [4.69, 9.17) is 36.2 Å². The zero-order valence-corrected chi connectivity index (χ0v) is 21.7. The highest BCUT2D eigenvalue weighted by atomic mass is 28.4. The fraction of sp³-hybridized carbons (Fsp3) is 0.684. The van der Waals surface area contributed by atoms with Crippen molar-refractivity contribution in [2.45, 2.75) is 44.6 Å². The molecular weight excluding hydrogens is 472 g/mol. The van der Waals surface area contributed by atoms with Crippen LogP contribution in [0.2, 0.25) is 6.04 Å². The van der Waals surface area contributed by atoms with E-state index in [0.717, 1.165) is 51.1 Å². The lowest BCUT2D eigenvalue weighted by Crippen LogP contribution is -2.42. The molecule has 0 fully saturated rings. The number of nitrogen functional groups attached to an aromatic ring is 4. The van der Waals surface area contributed by atoms with Crippen LogP contribution in [0, 0.1) is 0 Å². The molecule has 35 heavy (non-hydrogen) atoms. The molecule has 0 spiro atoms. The molecule has 15 nitrogen and oxygen atoms in total. The lowest BCUT2D eigenvalue weighted by molar-refractivity contribution is 0.122. The number of unbranched alkanes of at least 4 members (excludes halogenated alkanes) is 5. The molecule has 0 saturated heterocycles. The van der Waals surface area contributed by atoms with Crippen LogP contribution < -0.4 is 33.2 Å². The van der Waals surface area contributed by atoms with Gasteiger partial charge in [0.05, 0.1) is 0 Å². The van der Waals surface area contributed by atoms with Crippen molar-refractivity contribution >= 4 is 44.5 Å². The number of hydrogen-bond donors (Lipinski definition) is 5. The largest absolute Gasteiger partial charge is 0.500 e. The molecule has 0 aliphatic rings. The summed E-state index contributed by atoms with van der Waals surface area (Å²) in [5.41, 5.74) is 22.8. The maximum atomic E-state index is 5.77. The minimum atomic E-state index is -2.48. The van der Waals surface area contributed by atoms with Gasteiger partial charge in [-0.05, 0) is 12.8 Å². The molecule has 2 rings (SSSR count). The smallest absolute Gasteiger partial charge is 0.377 e. The monoisotopic (exact) mass is 510 g/mol. The zero-order chi connectivity index (χ0) is 25.7. The lowest BCUT2D eigenvalue weighted by Gasteiger charge is -2.24. The van der Waals surface area contributed by atoms with E-state index in [1.165, 1.54) is 0 Å². The summed E-state index contributed by atoms with van der Waals surface area (Å²) in [5, 5.41) is 3.08. The maximum absolute atomic E-state index is 5.77. The van der Waals surface area contributed by atoms with Crippen molar-refractivity contribution in [1.82, 2.24) is 29.9 Å². The van der Waals surface area contributed by atoms with Crippen molar-refractivity contribution in [3.63, 3.8) is 0 Å². The van der Waals surface area contributed by atoms with Crippen LogP contribution in [0.3, 0.4) is 0 Å². The van der Waals surface area contributed by atoms with Gasteiger partial charge < -0.3 is 46.4 Å².